The van der Waals surface area contributed by atoms with E-state index in [-0.39, 0.29) is 12.0 Å². The second-order valence-corrected chi connectivity index (χ2v) is 5.25. The van der Waals surface area contributed by atoms with Gasteiger partial charge in [-0.3, -0.25) is 0 Å². The van der Waals surface area contributed by atoms with E-state index in [4.69, 9.17) is 22.0 Å². The number of aliphatic hydroxyl groups is 1. The van der Waals surface area contributed by atoms with Gasteiger partial charge in [0.05, 0.1) is 11.6 Å². The zero-order valence-electron chi connectivity index (χ0n) is 10.1. The van der Waals surface area contributed by atoms with Crippen molar-refractivity contribution in [3.63, 3.8) is 0 Å². The van der Waals surface area contributed by atoms with Crippen molar-refractivity contribution in [2.45, 2.75) is 20.4 Å². The van der Waals surface area contributed by atoms with Crippen LogP contribution in [0.3, 0.4) is 0 Å². The molecule has 1 rings (SSSR count). The highest BCUT2D eigenvalue weighted by atomic mass is 35.5. The largest absolute Gasteiger partial charge is 0.396 e. The van der Waals surface area contributed by atoms with Crippen LogP contribution in [0.5, 0.6) is 0 Å². The van der Waals surface area contributed by atoms with Gasteiger partial charge in [-0.2, -0.15) is 5.26 Å². The molecule has 0 aliphatic rings. The van der Waals surface area contributed by atoms with E-state index in [9.17, 15) is 0 Å². The predicted octanol–water partition coefficient (Wildman–Crippen LogP) is 2.32. The van der Waals surface area contributed by atoms with Gasteiger partial charge in [0.15, 0.2) is 0 Å². The molecule has 0 heterocycles. The molecule has 0 saturated carbocycles. The van der Waals surface area contributed by atoms with Gasteiger partial charge in [0.2, 0.25) is 0 Å². The van der Waals surface area contributed by atoms with Crippen molar-refractivity contribution in [2.24, 2.45) is 5.41 Å². The summed E-state index contributed by atoms with van der Waals surface area (Å²) in [5.74, 6) is 0. The standard InChI is InChI=1S/C13H17ClN2O/c1-13(2,9-17)8-16-7-11-4-3-10(6-15)5-12(11)14/h3-5,16-17H,7-9H2,1-2H3. The molecule has 0 spiro atoms. The number of hydrogen-bond acceptors (Lipinski definition) is 3. The van der Waals surface area contributed by atoms with Gasteiger partial charge in [-0.05, 0) is 17.7 Å². The Hall–Kier alpha value is -1.08. The maximum Gasteiger partial charge on any atom is 0.0992 e. The fourth-order valence-corrected chi connectivity index (χ4v) is 1.60. The van der Waals surface area contributed by atoms with Crippen LogP contribution in [0, 0.1) is 16.7 Å². The zero-order chi connectivity index (χ0) is 12.9. The number of nitriles is 1. The third-order valence-corrected chi connectivity index (χ3v) is 2.88. The highest BCUT2D eigenvalue weighted by Gasteiger charge is 2.15. The Balaban J connectivity index is 2.56. The fraction of sp³-hybridized carbons (Fsp3) is 0.462. The Morgan fingerprint density at radius 3 is 2.71 bits per heavy atom. The monoisotopic (exact) mass is 252 g/mol. The first-order valence-electron chi connectivity index (χ1n) is 5.48. The quantitative estimate of drug-likeness (QED) is 0.846. The summed E-state index contributed by atoms with van der Waals surface area (Å²) >= 11 is 6.05. The van der Waals surface area contributed by atoms with Crippen molar-refractivity contribution in [3.05, 3.63) is 34.3 Å². The number of benzene rings is 1. The molecule has 0 atom stereocenters. The van der Waals surface area contributed by atoms with E-state index in [1.165, 1.54) is 0 Å². The van der Waals surface area contributed by atoms with Crippen LogP contribution in [-0.4, -0.2) is 18.3 Å². The average molecular weight is 253 g/mol. The Labute approximate surface area is 107 Å². The van der Waals surface area contributed by atoms with Crippen LogP contribution in [0.2, 0.25) is 5.02 Å². The Morgan fingerprint density at radius 2 is 2.18 bits per heavy atom. The highest BCUT2D eigenvalue weighted by molar-refractivity contribution is 6.31. The first-order chi connectivity index (χ1) is 7.98. The lowest BCUT2D eigenvalue weighted by Crippen LogP contribution is -2.31. The minimum atomic E-state index is -0.140. The topological polar surface area (TPSA) is 56.0 Å². The van der Waals surface area contributed by atoms with Gasteiger partial charge in [0.1, 0.15) is 0 Å². The average Bonchev–Trinajstić information content (AvgIpc) is 2.31. The molecule has 17 heavy (non-hydrogen) atoms. The van der Waals surface area contributed by atoms with Gasteiger partial charge in [-0.1, -0.05) is 31.5 Å². The second kappa shape index (κ2) is 6.02. The first kappa shape index (κ1) is 14.0. The second-order valence-electron chi connectivity index (χ2n) is 4.84. The highest BCUT2D eigenvalue weighted by Crippen LogP contribution is 2.18. The fourth-order valence-electron chi connectivity index (χ4n) is 1.35. The molecule has 1 aromatic rings. The van der Waals surface area contributed by atoms with E-state index in [0.717, 1.165) is 5.56 Å². The van der Waals surface area contributed by atoms with E-state index in [1.54, 1.807) is 12.1 Å². The number of rotatable bonds is 5. The molecule has 1 aromatic carbocycles. The molecule has 0 aromatic heterocycles. The molecule has 0 fully saturated rings. The lowest BCUT2D eigenvalue weighted by atomic mass is 9.95. The van der Waals surface area contributed by atoms with E-state index >= 15 is 0 Å². The van der Waals surface area contributed by atoms with Gasteiger partial charge in [-0.15, -0.1) is 0 Å². The molecule has 0 radical (unpaired) electrons. The summed E-state index contributed by atoms with van der Waals surface area (Å²) in [6.07, 6.45) is 0. The van der Waals surface area contributed by atoms with E-state index in [0.29, 0.717) is 23.7 Å². The summed E-state index contributed by atoms with van der Waals surface area (Å²) in [7, 11) is 0. The van der Waals surface area contributed by atoms with Crippen molar-refractivity contribution >= 4 is 11.6 Å². The number of halogens is 1. The first-order valence-corrected chi connectivity index (χ1v) is 5.86. The van der Waals surface area contributed by atoms with E-state index < -0.39 is 0 Å². The normalized spacial score (nSPS) is 11.2. The Morgan fingerprint density at radius 1 is 1.47 bits per heavy atom. The molecule has 0 amide bonds. The van der Waals surface area contributed by atoms with Gasteiger partial charge >= 0.3 is 0 Å². The summed E-state index contributed by atoms with van der Waals surface area (Å²) in [6, 6.07) is 7.31. The smallest absolute Gasteiger partial charge is 0.0992 e. The summed E-state index contributed by atoms with van der Waals surface area (Å²) in [6.45, 7) is 5.45. The van der Waals surface area contributed by atoms with Crippen molar-refractivity contribution in [3.8, 4) is 6.07 Å². The minimum absolute atomic E-state index is 0.140. The van der Waals surface area contributed by atoms with Crippen molar-refractivity contribution < 1.29 is 5.11 Å². The molecular weight excluding hydrogens is 236 g/mol. The Bertz CT molecular complexity index is 424. The van der Waals surface area contributed by atoms with Crippen molar-refractivity contribution in [2.75, 3.05) is 13.2 Å². The SMILES string of the molecule is CC(C)(CO)CNCc1ccc(C#N)cc1Cl. The maximum absolute atomic E-state index is 9.11. The number of aliphatic hydroxyl groups excluding tert-OH is 1. The summed E-state index contributed by atoms with van der Waals surface area (Å²) in [5, 5.41) is 21.7. The zero-order valence-corrected chi connectivity index (χ0v) is 10.9. The predicted molar refractivity (Wildman–Crippen MR) is 68.7 cm³/mol. The van der Waals surface area contributed by atoms with Crippen LogP contribution in [0.4, 0.5) is 0 Å². The molecule has 0 unspecified atom stereocenters. The van der Waals surface area contributed by atoms with Crippen molar-refractivity contribution in [1.29, 1.82) is 5.26 Å². The Kier molecular flexibility index (Phi) is 4.95. The van der Waals surface area contributed by atoms with Crippen LogP contribution in [-0.2, 0) is 6.54 Å². The van der Waals surface area contributed by atoms with Gasteiger partial charge in [0.25, 0.3) is 0 Å². The van der Waals surface area contributed by atoms with Crippen LogP contribution in [0.25, 0.3) is 0 Å². The minimum Gasteiger partial charge on any atom is -0.396 e. The molecule has 92 valence electrons. The van der Waals surface area contributed by atoms with Crippen LogP contribution in [0.15, 0.2) is 18.2 Å². The third kappa shape index (κ3) is 4.35. The van der Waals surface area contributed by atoms with Crippen LogP contribution in [0.1, 0.15) is 25.0 Å². The number of nitrogens with one attached hydrogen (secondary N) is 1. The molecule has 0 aliphatic carbocycles. The maximum atomic E-state index is 9.11. The number of nitrogens with zero attached hydrogens (tertiary/aromatic N) is 1. The molecule has 4 heteroatoms. The summed E-state index contributed by atoms with van der Waals surface area (Å²) < 4.78 is 0. The van der Waals surface area contributed by atoms with E-state index in [1.807, 2.05) is 26.0 Å². The van der Waals surface area contributed by atoms with Crippen LogP contribution >= 0.6 is 11.6 Å². The molecule has 0 bridgehead atoms. The molecular formula is C13H17ClN2O. The van der Waals surface area contributed by atoms with Gasteiger partial charge in [-0.25, -0.2) is 0 Å². The van der Waals surface area contributed by atoms with Gasteiger partial charge < -0.3 is 10.4 Å². The lowest BCUT2D eigenvalue weighted by molar-refractivity contribution is 0.156. The third-order valence-electron chi connectivity index (χ3n) is 2.53. The summed E-state index contributed by atoms with van der Waals surface area (Å²) in [5.41, 5.74) is 1.38. The lowest BCUT2D eigenvalue weighted by Gasteiger charge is -2.22. The van der Waals surface area contributed by atoms with Crippen LogP contribution < -0.4 is 5.32 Å². The molecule has 0 saturated heterocycles. The molecule has 2 N–H and O–H groups in total. The summed E-state index contributed by atoms with van der Waals surface area (Å²) in [4.78, 5) is 0. The van der Waals surface area contributed by atoms with E-state index in [2.05, 4.69) is 5.32 Å². The molecule has 0 aliphatic heterocycles. The van der Waals surface area contributed by atoms with Crippen molar-refractivity contribution in [1.82, 2.24) is 5.32 Å². The number of hydrogen-bond donors (Lipinski definition) is 2. The van der Waals surface area contributed by atoms with Gasteiger partial charge in [0, 0.05) is 30.1 Å². The molecule has 3 nitrogen and oxygen atoms in total.